The van der Waals surface area contributed by atoms with E-state index in [0.717, 1.165) is 13.0 Å². The van der Waals surface area contributed by atoms with Crippen molar-refractivity contribution in [2.24, 2.45) is 5.73 Å². The second kappa shape index (κ2) is 5.75. The largest absolute Gasteiger partial charge is 0.420 e. The van der Waals surface area contributed by atoms with Gasteiger partial charge in [-0.15, -0.1) is 0 Å². The zero-order valence-electron chi connectivity index (χ0n) is 9.81. The molecule has 0 radical (unpaired) electrons. The lowest BCUT2D eigenvalue weighted by Crippen LogP contribution is -2.41. The zero-order chi connectivity index (χ0) is 9.83. The summed E-state index contributed by atoms with van der Waals surface area (Å²) in [6.07, 6.45) is 2.28. The van der Waals surface area contributed by atoms with Crippen molar-refractivity contribution in [1.82, 2.24) is 6.15 Å². The number of hydrogen-bond donors (Lipinski definition) is 2. The molecular formula is C9H26N2OSi. The van der Waals surface area contributed by atoms with Crippen LogP contribution in [0.3, 0.4) is 0 Å². The first-order valence-corrected chi connectivity index (χ1v) is 7.53. The van der Waals surface area contributed by atoms with Crippen LogP contribution in [0, 0.1) is 0 Å². The van der Waals surface area contributed by atoms with E-state index < -0.39 is 8.32 Å². The third-order valence-electron chi connectivity index (χ3n) is 3.15. The molecule has 0 aliphatic heterocycles. The van der Waals surface area contributed by atoms with Gasteiger partial charge in [-0.2, -0.15) is 0 Å². The Morgan fingerprint density at radius 1 is 1.31 bits per heavy atom. The lowest BCUT2D eigenvalue weighted by molar-refractivity contribution is 0.357. The summed E-state index contributed by atoms with van der Waals surface area (Å²) in [5.74, 6) is 0. The summed E-state index contributed by atoms with van der Waals surface area (Å²) in [7, 11) is 0.332. The summed E-state index contributed by atoms with van der Waals surface area (Å²) in [5.41, 5.74) is 5.50. The van der Waals surface area contributed by atoms with Gasteiger partial charge in [-0.3, -0.25) is 0 Å². The van der Waals surface area contributed by atoms with E-state index in [4.69, 9.17) is 10.2 Å². The summed E-state index contributed by atoms with van der Waals surface area (Å²) in [6.45, 7) is 9.90. The Bertz CT molecular complexity index is 138. The van der Waals surface area contributed by atoms with Crippen LogP contribution in [0.2, 0.25) is 18.1 Å². The van der Waals surface area contributed by atoms with E-state index in [2.05, 4.69) is 26.9 Å². The van der Waals surface area contributed by atoms with Gasteiger partial charge in [0.1, 0.15) is 0 Å². The van der Waals surface area contributed by atoms with Crippen LogP contribution in [-0.2, 0) is 4.43 Å². The molecule has 5 N–H and O–H groups in total. The first-order chi connectivity index (χ1) is 5.37. The van der Waals surface area contributed by atoms with Gasteiger partial charge in [0, 0.05) is 7.11 Å². The predicted octanol–water partition coefficient (Wildman–Crippen LogP) is 2.52. The highest BCUT2D eigenvalue weighted by atomic mass is 28.4. The van der Waals surface area contributed by atoms with E-state index in [1.165, 1.54) is 6.42 Å². The summed E-state index contributed by atoms with van der Waals surface area (Å²) < 4.78 is 5.60. The van der Waals surface area contributed by atoms with Crippen LogP contribution in [0.15, 0.2) is 0 Å². The van der Waals surface area contributed by atoms with Gasteiger partial charge in [-0.05, 0) is 37.5 Å². The van der Waals surface area contributed by atoms with Crippen molar-refractivity contribution in [3.8, 4) is 0 Å². The van der Waals surface area contributed by atoms with Crippen LogP contribution in [0.4, 0.5) is 0 Å². The van der Waals surface area contributed by atoms with Crippen molar-refractivity contribution < 1.29 is 4.43 Å². The third-order valence-corrected chi connectivity index (χ3v) is 7.68. The van der Waals surface area contributed by atoms with Crippen LogP contribution in [-0.4, -0.2) is 22.0 Å². The highest BCUT2D eigenvalue weighted by Crippen LogP contribution is 2.41. The van der Waals surface area contributed by atoms with Crippen LogP contribution < -0.4 is 11.9 Å². The van der Waals surface area contributed by atoms with Crippen LogP contribution >= 0.6 is 0 Å². The highest BCUT2D eigenvalue weighted by Gasteiger charge is 2.39. The van der Waals surface area contributed by atoms with E-state index in [1.807, 2.05) is 7.11 Å². The Kier molecular flexibility index (Phi) is 6.88. The molecule has 0 unspecified atom stereocenters. The van der Waals surface area contributed by atoms with Gasteiger partial charge in [0.05, 0.1) is 0 Å². The first-order valence-electron chi connectivity index (χ1n) is 4.62. The molecule has 0 aliphatic rings. The third kappa shape index (κ3) is 4.22. The topological polar surface area (TPSA) is 70.2 Å². The molecule has 0 aliphatic carbocycles. The molecule has 0 atom stereocenters. The predicted molar refractivity (Wildman–Crippen MR) is 61.8 cm³/mol. The molecule has 0 saturated heterocycles. The molecule has 13 heavy (non-hydrogen) atoms. The molecule has 0 heterocycles. The number of nitrogens with two attached hydrogens (primary N) is 1. The molecular weight excluding hydrogens is 180 g/mol. The second-order valence-electron chi connectivity index (χ2n) is 4.49. The minimum absolute atomic E-state index is 0. The van der Waals surface area contributed by atoms with Gasteiger partial charge in [0.15, 0.2) is 8.32 Å². The Labute approximate surface area is 83.8 Å². The second-order valence-corrected chi connectivity index (χ2v) is 9.27. The lowest BCUT2D eigenvalue weighted by Gasteiger charge is -2.38. The molecule has 0 fully saturated rings. The van der Waals surface area contributed by atoms with Crippen LogP contribution in [0.1, 0.15) is 26.7 Å². The molecule has 0 spiro atoms. The maximum atomic E-state index is 5.60. The monoisotopic (exact) mass is 206 g/mol. The summed E-state index contributed by atoms with van der Waals surface area (Å²) in [5, 5.41) is 0.334. The molecule has 0 aromatic rings. The smallest absolute Gasteiger partial charge is 0.191 e. The number of hydrogen-bond acceptors (Lipinski definition) is 3. The molecule has 0 rings (SSSR count). The normalized spacial score (nSPS) is 12.5. The molecule has 82 valence electrons. The van der Waals surface area contributed by atoms with E-state index in [0.29, 0.717) is 5.04 Å². The van der Waals surface area contributed by atoms with Gasteiger partial charge in [0.2, 0.25) is 0 Å². The van der Waals surface area contributed by atoms with Gasteiger partial charge in [0.25, 0.3) is 0 Å². The average molecular weight is 206 g/mol. The van der Waals surface area contributed by atoms with Crippen molar-refractivity contribution in [3.05, 3.63) is 0 Å². The van der Waals surface area contributed by atoms with Gasteiger partial charge in [-0.25, -0.2) is 0 Å². The Balaban J connectivity index is 0. The van der Waals surface area contributed by atoms with Crippen molar-refractivity contribution >= 4 is 8.32 Å². The van der Waals surface area contributed by atoms with Crippen LogP contribution in [0.5, 0.6) is 0 Å². The number of rotatable bonds is 5. The molecule has 4 heteroatoms. The molecule has 3 nitrogen and oxygen atoms in total. The van der Waals surface area contributed by atoms with Gasteiger partial charge >= 0.3 is 0 Å². The van der Waals surface area contributed by atoms with Gasteiger partial charge in [-0.1, -0.05) is 13.8 Å². The average Bonchev–Trinajstić information content (AvgIpc) is 2.00. The fraction of sp³-hybridized carbons (Fsp3) is 1.00. The minimum Gasteiger partial charge on any atom is -0.420 e. The Morgan fingerprint density at radius 3 is 2.08 bits per heavy atom. The van der Waals surface area contributed by atoms with Crippen LogP contribution in [0.25, 0.3) is 0 Å². The van der Waals surface area contributed by atoms with Crippen molar-refractivity contribution in [3.63, 3.8) is 0 Å². The maximum absolute atomic E-state index is 5.60. The van der Waals surface area contributed by atoms with Gasteiger partial charge < -0.3 is 16.3 Å². The molecule has 0 aromatic heterocycles. The highest BCUT2D eigenvalue weighted by molar-refractivity contribution is 6.74. The van der Waals surface area contributed by atoms with Crippen molar-refractivity contribution in [2.75, 3.05) is 13.7 Å². The minimum atomic E-state index is -1.50. The Morgan fingerprint density at radius 2 is 1.77 bits per heavy atom. The molecule has 0 bridgehead atoms. The molecule has 0 amide bonds. The van der Waals surface area contributed by atoms with E-state index in [9.17, 15) is 0 Å². The Hall–Kier alpha value is 0.0969. The quantitative estimate of drug-likeness (QED) is 0.679. The SMILES string of the molecule is CO[Si](C)(C)C(C)(C)CCCN.N. The summed E-state index contributed by atoms with van der Waals surface area (Å²) in [4.78, 5) is 0. The summed E-state index contributed by atoms with van der Waals surface area (Å²) in [6, 6.07) is 0. The fourth-order valence-corrected chi connectivity index (χ4v) is 2.45. The maximum Gasteiger partial charge on any atom is 0.191 e. The molecule has 0 saturated carbocycles. The fourth-order valence-electron chi connectivity index (χ4n) is 1.12. The van der Waals surface area contributed by atoms with E-state index in [1.54, 1.807) is 0 Å². The van der Waals surface area contributed by atoms with Crippen molar-refractivity contribution in [1.29, 1.82) is 0 Å². The van der Waals surface area contributed by atoms with E-state index in [-0.39, 0.29) is 6.15 Å². The zero-order valence-corrected chi connectivity index (χ0v) is 10.8. The first kappa shape index (κ1) is 15.6. The van der Waals surface area contributed by atoms with Crippen molar-refractivity contribution in [2.45, 2.75) is 44.8 Å². The van der Waals surface area contributed by atoms with E-state index >= 15 is 0 Å². The lowest BCUT2D eigenvalue weighted by atomic mass is 10.1. The standard InChI is InChI=1S/C9H23NOSi.H3N/c1-9(2,7-6-8-10)12(4,5)11-3;/h6-8,10H2,1-5H3;1H3. The molecule has 0 aromatic carbocycles. The summed E-state index contributed by atoms with van der Waals surface area (Å²) >= 11 is 0.